The van der Waals surface area contributed by atoms with E-state index in [1.54, 1.807) is 18.2 Å². The lowest BCUT2D eigenvalue weighted by atomic mass is 9.96. The molecule has 4 aromatic rings. The minimum absolute atomic E-state index is 0.0410. The largest absolute Gasteiger partial charge is 0.507 e. The van der Waals surface area contributed by atoms with Gasteiger partial charge in [0.1, 0.15) is 17.1 Å². The molecular formula is C35H32O13. The Morgan fingerprint density at radius 3 is 1.50 bits per heavy atom. The van der Waals surface area contributed by atoms with E-state index in [0.717, 1.165) is 6.07 Å². The van der Waals surface area contributed by atoms with Gasteiger partial charge in [0.15, 0.2) is 23.0 Å². The molecule has 13 nitrogen and oxygen atoms in total. The molecule has 48 heavy (non-hydrogen) atoms. The third kappa shape index (κ3) is 7.09. The zero-order valence-corrected chi connectivity index (χ0v) is 26.9. The van der Waals surface area contributed by atoms with Gasteiger partial charge < -0.3 is 43.0 Å². The standard InChI is InChI=1S/C35H32O13/c1-41-24-15-20(16-25(42-2)31(24)45-5)29(37)33(48-34(39)19-11-8-7-9-12-19)30(38)28-22(36)13-10-14-23(28)47-35(40)21-17-26(43-3)32(46-6)27(18-21)44-4/h7-18,33,36H,1-6H3. The number of aromatic hydroxyl groups is 1. The van der Waals surface area contributed by atoms with Crippen LogP contribution in [-0.2, 0) is 4.74 Å². The summed E-state index contributed by atoms with van der Waals surface area (Å²) in [5.41, 5.74) is -0.786. The fourth-order valence-corrected chi connectivity index (χ4v) is 4.69. The number of phenolic OH excluding ortho intramolecular Hbond substituents is 1. The number of Topliss-reactive ketones (excluding diaryl/α,β-unsaturated/α-hetero) is 2. The van der Waals surface area contributed by atoms with Crippen LogP contribution in [0.2, 0.25) is 0 Å². The normalized spacial score (nSPS) is 11.0. The van der Waals surface area contributed by atoms with Crippen molar-refractivity contribution in [1.82, 2.24) is 0 Å². The molecule has 13 heteroatoms. The van der Waals surface area contributed by atoms with Gasteiger partial charge in [0.25, 0.3) is 0 Å². The van der Waals surface area contributed by atoms with E-state index in [2.05, 4.69) is 0 Å². The highest BCUT2D eigenvalue weighted by atomic mass is 16.6. The Morgan fingerprint density at radius 1 is 0.521 bits per heavy atom. The zero-order valence-electron chi connectivity index (χ0n) is 26.9. The van der Waals surface area contributed by atoms with Crippen molar-refractivity contribution < 1.29 is 62.2 Å². The summed E-state index contributed by atoms with van der Waals surface area (Å²) in [6.07, 6.45) is -2.17. The summed E-state index contributed by atoms with van der Waals surface area (Å²) in [6.45, 7) is 0. The van der Waals surface area contributed by atoms with Crippen molar-refractivity contribution in [2.24, 2.45) is 0 Å². The highest BCUT2D eigenvalue weighted by Gasteiger charge is 2.37. The van der Waals surface area contributed by atoms with Crippen LogP contribution in [0.1, 0.15) is 41.4 Å². The van der Waals surface area contributed by atoms with E-state index in [0.29, 0.717) is 0 Å². The van der Waals surface area contributed by atoms with Crippen molar-refractivity contribution in [3.8, 4) is 46.0 Å². The van der Waals surface area contributed by atoms with E-state index in [1.807, 2.05) is 0 Å². The summed E-state index contributed by atoms with van der Waals surface area (Å²) in [7, 11) is 8.15. The Balaban J connectivity index is 1.80. The Kier molecular flexibility index (Phi) is 11.1. The second kappa shape index (κ2) is 15.4. The topological polar surface area (TPSA) is 162 Å². The number of carbonyl (C=O) groups excluding carboxylic acids is 4. The van der Waals surface area contributed by atoms with Gasteiger partial charge in [0.05, 0.1) is 53.8 Å². The lowest BCUT2D eigenvalue weighted by molar-refractivity contribution is 0.0272. The van der Waals surface area contributed by atoms with Gasteiger partial charge in [-0.05, 0) is 48.5 Å². The van der Waals surface area contributed by atoms with Gasteiger partial charge in [-0.1, -0.05) is 24.3 Å². The molecule has 0 radical (unpaired) electrons. The molecule has 0 bridgehead atoms. The van der Waals surface area contributed by atoms with Crippen LogP contribution in [0.15, 0.2) is 72.8 Å². The monoisotopic (exact) mass is 660 g/mol. The number of ether oxygens (including phenoxy) is 8. The quantitative estimate of drug-likeness (QED) is 0.0837. The van der Waals surface area contributed by atoms with Crippen LogP contribution in [-0.4, -0.2) is 77.4 Å². The van der Waals surface area contributed by atoms with E-state index in [4.69, 9.17) is 37.9 Å². The molecular weight excluding hydrogens is 628 g/mol. The second-order valence-corrected chi connectivity index (χ2v) is 9.75. The molecule has 0 aliphatic rings. The van der Waals surface area contributed by atoms with Crippen LogP contribution >= 0.6 is 0 Å². The Hall–Kier alpha value is -6.24. The summed E-state index contributed by atoms with van der Waals surface area (Å²) >= 11 is 0. The summed E-state index contributed by atoms with van der Waals surface area (Å²) in [5.74, 6) is -4.42. The van der Waals surface area contributed by atoms with Crippen molar-refractivity contribution in [3.05, 3.63) is 95.1 Å². The lowest BCUT2D eigenvalue weighted by Gasteiger charge is -2.20. The lowest BCUT2D eigenvalue weighted by Crippen LogP contribution is -2.36. The molecule has 0 heterocycles. The van der Waals surface area contributed by atoms with Crippen LogP contribution in [0.3, 0.4) is 0 Å². The molecule has 0 saturated heterocycles. The average molecular weight is 661 g/mol. The summed E-state index contributed by atoms with van der Waals surface area (Å²) < 4.78 is 43.0. The van der Waals surface area contributed by atoms with Crippen molar-refractivity contribution >= 4 is 23.5 Å². The highest BCUT2D eigenvalue weighted by Crippen LogP contribution is 2.40. The van der Waals surface area contributed by atoms with Crippen molar-refractivity contribution in [2.75, 3.05) is 42.7 Å². The van der Waals surface area contributed by atoms with Gasteiger partial charge in [0.2, 0.25) is 29.2 Å². The van der Waals surface area contributed by atoms with Crippen molar-refractivity contribution in [3.63, 3.8) is 0 Å². The fourth-order valence-electron chi connectivity index (χ4n) is 4.69. The van der Waals surface area contributed by atoms with Gasteiger partial charge in [-0.3, -0.25) is 9.59 Å². The maximum absolute atomic E-state index is 14.2. The predicted octanol–water partition coefficient (Wildman–Crippen LogP) is 4.95. The number of phenols is 1. The predicted molar refractivity (Wildman–Crippen MR) is 170 cm³/mol. The number of methoxy groups -OCH3 is 6. The summed E-state index contributed by atoms with van der Waals surface area (Å²) in [4.78, 5) is 54.8. The fraction of sp³-hybridized carbons (Fsp3) is 0.200. The van der Waals surface area contributed by atoms with Crippen molar-refractivity contribution in [1.29, 1.82) is 0 Å². The second-order valence-electron chi connectivity index (χ2n) is 9.75. The molecule has 0 aliphatic heterocycles. The van der Waals surface area contributed by atoms with Crippen LogP contribution in [0.25, 0.3) is 0 Å². The number of esters is 2. The van der Waals surface area contributed by atoms with Crippen LogP contribution in [0.4, 0.5) is 0 Å². The minimum atomic E-state index is -2.17. The van der Waals surface area contributed by atoms with E-state index in [9.17, 15) is 24.3 Å². The summed E-state index contributed by atoms with van der Waals surface area (Å²) in [5, 5.41) is 10.9. The van der Waals surface area contributed by atoms with E-state index >= 15 is 0 Å². The first kappa shape index (κ1) is 34.6. The molecule has 250 valence electrons. The molecule has 0 aliphatic carbocycles. The van der Waals surface area contributed by atoms with Gasteiger partial charge in [0, 0.05) is 5.56 Å². The summed E-state index contributed by atoms with van der Waals surface area (Å²) in [6, 6.07) is 16.5. The Bertz CT molecular complexity index is 1780. The zero-order chi connectivity index (χ0) is 35.0. The first-order chi connectivity index (χ1) is 23.1. The first-order valence-corrected chi connectivity index (χ1v) is 14.1. The molecule has 1 unspecified atom stereocenters. The van der Waals surface area contributed by atoms with Gasteiger partial charge in [-0.15, -0.1) is 0 Å². The minimum Gasteiger partial charge on any atom is -0.507 e. The molecule has 4 rings (SSSR count). The van der Waals surface area contributed by atoms with Crippen LogP contribution in [0.5, 0.6) is 46.0 Å². The van der Waals surface area contributed by atoms with E-state index in [-0.39, 0.29) is 51.2 Å². The Labute approximate surface area is 275 Å². The maximum atomic E-state index is 14.2. The average Bonchev–Trinajstić information content (AvgIpc) is 3.12. The van der Waals surface area contributed by atoms with Gasteiger partial charge in [-0.25, -0.2) is 9.59 Å². The molecule has 0 aromatic heterocycles. The van der Waals surface area contributed by atoms with Crippen LogP contribution in [0, 0.1) is 0 Å². The van der Waals surface area contributed by atoms with Crippen molar-refractivity contribution in [2.45, 2.75) is 6.10 Å². The number of hydrogen-bond donors (Lipinski definition) is 1. The highest BCUT2D eigenvalue weighted by molar-refractivity contribution is 6.21. The first-order valence-electron chi connectivity index (χ1n) is 14.1. The number of hydrogen-bond acceptors (Lipinski definition) is 13. The number of benzene rings is 4. The number of rotatable bonds is 14. The molecule has 4 aromatic carbocycles. The third-order valence-corrected chi connectivity index (χ3v) is 7.01. The number of ketones is 2. The third-order valence-electron chi connectivity index (χ3n) is 7.01. The smallest absolute Gasteiger partial charge is 0.343 e. The molecule has 1 atom stereocenters. The van der Waals surface area contributed by atoms with Gasteiger partial charge >= 0.3 is 11.9 Å². The molecule has 0 saturated carbocycles. The molecule has 0 amide bonds. The maximum Gasteiger partial charge on any atom is 0.343 e. The molecule has 0 spiro atoms. The molecule has 1 N–H and O–H groups in total. The number of carbonyl (C=O) groups is 4. The Morgan fingerprint density at radius 2 is 1.02 bits per heavy atom. The van der Waals surface area contributed by atoms with Gasteiger partial charge in [-0.2, -0.15) is 0 Å². The van der Waals surface area contributed by atoms with E-state index < -0.39 is 46.7 Å². The van der Waals surface area contributed by atoms with E-state index in [1.165, 1.54) is 91.2 Å². The van der Waals surface area contributed by atoms with Crippen LogP contribution < -0.4 is 33.2 Å². The SMILES string of the molecule is COc1cc(C(=O)Oc2cccc(O)c2C(=O)C(OC(=O)c2ccccc2)C(=O)c2cc(OC)c(OC)c(OC)c2)cc(OC)c1OC. The molecule has 0 fully saturated rings.